The maximum atomic E-state index is 12.1. The fourth-order valence-electron chi connectivity index (χ4n) is 2.06. The lowest BCUT2D eigenvalue weighted by atomic mass is 9.73. The van der Waals surface area contributed by atoms with Crippen LogP contribution in [0, 0.1) is 5.41 Å². The zero-order valence-electron chi connectivity index (χ0n) is 9.41. The van der Waals surface area contributed by atoms with Gasteiger partial charge in [-0.15, -0.1) is 0 Å². The highest BCUT2D eigenvalue weighted by atomic mass is 16.4. The average molecular weight is 218 g/mol. The molecule has 0 aliphatic heterocycles. The zero-order valence-corrected chi connectivity index (χ0v) is 9.41. The standard InChI is InChI=1S/C13H14O3/c1-13(2)6-5-8-3-4-9(12(15)16)7-10(8)11(13)14/h3-4,7H,5-6H2,1-2H3,(H,15,16). The molecular formula is C13H14O3. The van der Waals surface area contributed by atoms with Crippen LogP contribution in [0.3, 0.4) is 0 Å². The van der Waals surface area contributed by atoms with Gasteiger partial charge in [0.2, 0.25) is 0 Å². The molecule has 2 rings (SSSR count). The van der Waals surface area contributed by atoms with Gasteiger partial charge in [0.1, 0.15) is 0 Å². The van der Waals surface area contributed by atoms with Crippen LogP contribution in [-0.2, 0) is 6.42 Å². The van der Waals surface area contributed by atoms with Crippen molar-refractivity contribution in [3.8, 4) is 0 Å². The first-order valence-electron chi connectivity index (χ1n) is 5.33. The topological polar surface area (TPSA) is 54.4 Å². The maximum Gasteiger partial charge on any atom is 0.335 e. The van der Waals surface area contributed by atoms with Crippen molar-refractivity contribution < 1.29 is 14.7 Å². The molecule has 0 fully saturated rings. The van der Waals surface area contributed by atoms with Crippen molar-refractivity contribution in [2.24, 2.45) is 5.41 Å². The first-order chi connectivity index (χ1) is 7.42. The highest BCUT2D eigenvalue weighted by molar-refractivity contribution is 6.04. The number of Topliss-reactive ketones (excluding diaryl/α,β-unsaturated/α-hetero) is 1. The second-order valence-corrected chi connectivity index (χ2v) is 4.89. The lowest BCUT2D eigenvalue weighted by Gasteiger charge is -2.29. The average Bonchev–Trinajstić information content (AvgIpc) is 2.23. The molecule has 0 saturated heterocycles. The van der Waals surface area contributed by atoms with E-state index in [2.05, 4.69) is 0 Å². The Hall–Kier alpha value is -1.64. The lowest BCUT2D eigenvalue weighted by molar-refractivity contribution is 0.0697. The van der Waals surface area contributed by atoms with Gasteiger partial charge in [0, 0.05) is 11.0 Å². The summed E-state index contributed by atoms with van der Waals surface area (Å²) in [5.41, 5.74) is 1.36. The van der Waals surface area contributed by atoms with Crippen molar-refractivity contribution in [2.75, 3.05) is 0 Å². The number of aromatic carboxylic acids is 1. The van der Waals surface area contributed by atoms with Crippen LogP contribution in [0.1, 0.15) is 46.5 Å². The highest BCUT2D eigenvalue weighted by Crippen LogP contribution is 2.34. The number of carboxylic acid groups (broad SMARTS) is 1. The molecule has 0 unspecified atom stereocenters. The molecule has 1 aliphatic rings. The van der Waals surface area contributed by atoms with Crippen molar-refractivity contribution in [3.05, 3.63) is 34.9 Å². The minimum absolute atomic E-state index is 0.0526. The Morgan fingerprint density at radius 1 is 1.38 bits per heavy atom. The second-order valence-electron chi connectivity index (χ2n) is 4.89. The normalized spacial score (nSPS) is 18.0. The van der Waals surface area contributed by atoms with Crippen molar-refractivity contribution in [3.63, 3.8) is 0 Å². The number of fused-ring (bicyclic) bond motifs is 1. The Morgan fingerprint density at radius 2 is 2.06 bits per heavy atom. The molecule has 0 spiro atoms. The van der Waals surface area contributed by atoms with Crippen LogP contribution in [-0.4, -0.2) is 16.9 Å². The van der Waals surface area contributed by atoms with Gasteiger partial charge in [0.05, 0.1) is 5.56 Å². The number of rotatable bonds is 1. The van der Waals surface area contributed by atoms with E-state index in [0.29, 0.717) is 5.56 Å². The second kappa shape index (κ2) is 3.44. The Morgan fingerprint density at radius 3 is 2.69 bits per heavy atom. The van der Waals surface area contributed by atoms with Crippen LogP contribution in [0.15, 0.2) is 18.2 Å². The summed E-state index contributed by atoms with van der Waals surface area (Å²) in [7, 11) is 0. The van der Waals surface area contributed by atoms with Gasteiger partial charge in [-0.2, -0.15) is 0 Å². The molecule has 0 aromatic heterocycles. The Bertz CT molecular complexity index is 472. The molecule has 0 amide bonds. The van der Waals surface area contributed by atoms with Crippen molar-refractivity contribution in [2.45, 2.75) is 26.7 Å². The molecule has 0 atom stereocenters. The smallest absolute Gasteiger partial charge is 0.335 e. The van der Waals surface area contributed by atoms with E-state index < -0.39 is 5.97 Å². The highest BCUT2D eigenvalue weighted by Gasteiger charge is 2.34. The Balaban J connectivity index is 2.53. The van der Waals surface area contributed by atoms with Gasteiger partial charge >= 0.3 is 5.97 Å². The van der Waals surface area contributed by atoms with Crippen molar-refractivity contribution in [1.29, 1.82) is 0 Å². The molecule has 1 N–H and O–H groups in total. The number of carbonyl (C=O) groups is 2. The molecule has 84 valence electrons. The van der Waals surface area contributed by atoms with E-state index in [0.717, 1.165) is 18.4 Å². The van der Waals surface area contributed by atoms with E-state index in [1.54, 1.807) is 12.1 Å². The maximum absolute atomic E-state index is 12.1. The fraction of sp³-hybridized carbons (Fsp3) is 0.385. The number of hydrogen-bond donors (Lipinski definition) is 1. The van der Waals surface area contributed by atoms with Crippen LogP contribution in [0.2, 0.25) is 0 Å². The fourth-order valence-corrected chi connectivity index (χ4v) is 2.06. The molecule has 1 aromatic carbocycles. The van der Waals surface area contributed by atoms with E-state index in [4.69, 9.17) is 5.11 Å². The summed E-state index contributed by atoms with van der Waals surface area (Å²) < 4.78 is 0. The summed E-state index contributed by atoms with van der Waals surface area (Å²) in [5.74, 6) is -0.934. The van der Waals surface area contributed by atoms with E-state index in [9.17, 15) is 9.59 Å². The molecule has 3 nitrogen and oxygen atoms in total. The molecule has 16 heavy (non-hydrogen) atoms. The first-order valence-corrected chi connectivity index (χ1v) is 5.33. The van der Waals surface area contributed by atoms with Crippen molar-refractivity contribution >= 4 is 11.8 Å². The summed E-state index contributed by atoms with van der Waals surface area (Å²) in [4.78, 5) is 23.0. The summed E-state index contributed by atoms with van der Waals surface area (Å²) in [6.45, 7) is 3.82. The molecule has 0 radical (unpaired) electrons. The van der Waals surface area contributed by atoms with Gasteiger partial charge in [-0.1, -0.05) is 19.9 Å². The summed E-state index contributed by atoms with van der Waals surface area (Å²) in [5, 5.41) is 8.89. The quantitative estimate of drug-likeness (QED) is 0.788. The largest absolute Gasteiger partial charge is 0.478 e. The molecular weight excluding hydrogens is 204 g/mol. The third-order valence-corrected chi connectivity index (χ3v) is 3.24. The monoisotopic (exact) mass is 218 g/mol. The van der Waals surface area contributed by atoms with Gasteiger partial charge in [0.15, 0.2) is 5.78 Å². The van der Waals surface area contributed by atoms with Gasteiger partial charge in [-0.05, 0) is 30.5 Å². The van der Waals surface area contributed by atoms with E-state index in [1.807, 2.05) is 13.8 Å². The van der Waals surface area contributed by atoms with Gasteiger partial charge < -0.3 is 5.11 Å². The SMILES string of the molecule is CC1(C)CCc2ccc(C(=O)O)cc2C1=O. The lowest BCUT2D eigenvalue weighted by Crippen LogP contribution is -2.30. The predicted molar refractivity (Wildman–Crippen MR) is 59.8 cm³/mol. The molecule has 0 heterocycles. The number of ketones is 1. The Kier molecular flexibility index (Phi) is 2.34. The van der Waals surface area contributed by atoms with Crippen LogP contribution in [0.5, 0.6) is 0 Å². The van der Waals surface area contributed by atoms with Crippen molar-refractivity contribution in [1.82, 2.24) is 0 Å². The van der Waals surface area contributed by atoms with Crippen LogP contribution in [0.4, 0.5) is 0 Å². The summed E-state index contributed by atoms with van der Waals surface area (Å²) >= 11 is 0. The zero-order chi connectivity index (χ0) is 11.9. The number of aryl methyl sites for hydroxylation is 1. The van der Waals surface area contributed by atoms with E-state index >= 15 is 0 Å². The minimum atomic E-state index is -0.987. The van der Waals surface area contributed by atoms with Crippen LogP contribution >= 0.6 is 0 Å². The molecule has 3 heteroatoms. The molecule has 0 saturated carbocycles. The third-order valence-electron chi connectivity index (χ3n) is 3.24. The molecule has 1 aromatic rings. The minimum Gasteiger partial charge on any atom is -0.478 e. The number of benzene rings is 1. The number of carboxylic acids is 1. The van der Waals surface area contributed by atoms with Gasteiger partial charge in [-0.3, -0.25) is 4.79 Å². The molecule has 0 bridgehead atoms. The predicted octanol–water partition coefficient (Wildman–Crippen LogP) is 2.54. The molecule has 1 aliphatic carbocycles. The summed E-state index contributed by atoms with van der Waals surface area (Å²) in [6, 6.07) is 4.82. The van der Waals surface area contributed by atoms with Crippen LogP contribution in [0.25, 0.3) is 0 Å². The number of carbonyl (C=O) groups excluding carboxylic acids is 1. The van der Waals surface area contributed by atoms with Crippen LogP contribution < -0.4 is 0 Å². The van der Waals surface area contributed by atoms with Gasteiger partial charge in [-0.25, -0.2) is 4.79 Å². The first kappa shape index (κ1) is 10.9. The Labute approximate surface area is 94.1 Å². The summed E-state index contributed by atoms with van der Waals surface area (Å²) in [6.07, 6.45) is 1.67. The van der Waals surface area contributed by atoms with Gasteiger partial charge in [0.25, 0.3) is 0 Å². The van der Waals surface area contributed by atoms with E-state index in [-0.39, 0.29) is 16.8 Å². The van der Waals surface area contributed by atoms with E-state index in [1.165, 1.54) is 6.07 Å². The third kappa shape index (κ3) is 1.62. The number of hydrogen-bond acceptors (Lipinski definition) is 2.